The van der Waals surface area contributed by atoms with E-state index in [1.807, 2.05) is 0 Å². The maximum absolute atomic E-state index is 13.1. The number of aromatic nitrogens is 2. The van der Waals surface area contributed by atoms with Gasteiger partial charge in [-0.1, -0.05) is 11.6 Å². The number of nitrogens with zero attached hydrogens (tertiary/aromatic N) is 2. The first kappa shape index (κ1) is 15.0. The maximum atomic E-state index is 13.1. The quantitative estimate of drug-likeness (QED) is 0.610. The van der Waals surface area contributed by atoms with E-state index in [0.29, 0.717) is 5.69 Å². The van der Waals surface area contributed by atoms with Gasteiger partial charge in [-0.3, -0.25) is 0 Å². The molecule has 0 bridgehead atoms. The molecule has 0 atom stereocenters. The predicted octanol–water partition coefficient (Wildman–Crippen LogP) is 4.79. The first-order chi connectivity index (χ1) is 9.25. The molecule has 0 radical (unpaired) electrons. The number of hydrogen-bond acceptors (Lipinski definition) is 3. The Labute approximate surface area is 124 Å². The standard InChI is InChI=1S/C11H5BrClF4N3/c12-6-3-5(1-2-7(6)14)18-9-4-8(13)19-10(20-9)11(15,16)17/h1-4H,(H,18,19,20). The summed E-state index contributed by atoms with van der Waals surface area (Å²) < 4.78 is 50.8. The summed E-state index contributed by atoms with van der Waals surface area (Å²) in [6.45, 7) is 0. The van der Waals surface area contributed by atoms with E-state index >= 15 is 0 Å². The summed E-state index contributed by atoms with van der Waals surface area (Å²) >= 11 is 8.48. The molecule has 0 fully saturated rings. The van der Waals surface area contributed by atoms with E-state index in [4.69, 9.17) is 11.6 Å². The zero-order valence-electron chi connectivity index (χ0n) is 9.47. The summed E-state index contributed by atoms with van der Waals surface area (Å²) in [6, 6.07) is 5.00. The second-order valence-electron chi connectivity index (χ2n) is 3.65. The molecule has 1 aromatic carbocycles. The highest BCUT2D eigenvalue weighted by Gasteiger charge is 2.35. The molecule has 0 unspecified atom stereocenters. The third-order valence-corrected chi connectivity index (χ3v) is 2.94. The van der Waals surface area contributed by atoms with Crippen LogP contribution in [0.5, 0.6) is 0 Å². The number of halogens is 6. The maximum Gasteiger partial charge on any atom is 0.451 e. The Balaban J connectivity index is 2.33. The molecular weight excluding hydrogens is 365 g/mol. The molecule has 1 aromatic heterocycles. The first-order valence-corrected chi connectivity index (χ1v) is 6.26. The smallest absolute Gasteiger partial charge is 0.340 e. The number of benzene rings is 1. The minimum Gasteiger partial charge on any atom is -0.340 e. The molecular formula is C11H5BrClF4N3. The van der Waals surface area contributed by atoms with Gasteiger partial charge in [0.2, 0.25) is 5.82 Å². The Hall–Kier alpha value is -1.41. The van der Waals surface area contributed by atoms with Gasteiger partial charge in [-0.25, -0.2) is 14.4 Å². The summed E-state index contributed by atoms with van der Waals surface area (Å²) in [4.78, 5) is 6.41. The molecule has 0 saturated heterocycles. The topological polar surface area (TPSA) is 37.8 Å². The lowest BCUT2D eigenvalue weighted by atomic mass is 10.3. The normalized spacial score (nSPS) is 11.5. The molecule has 0 spiro atoms. The SMILES string of the molecule is Fc1ccc(Nc2cc(Cl)nc(C(F)(F)F)n2)cc1Br. The molecule has 0 aliphatic carbocycles. The molecule has 0 saturated carbocycles. The fourth-order valence-electron chi connectivity index (χ4n) is 1.33. The summed E-state index contributed by atoms with van der Waals surface area (Å²) in [5.41, 5.74) is 0.348. The summed E-state index contributed by atoms with van der Waals surface area (Å²) in [7, 11) is 0. The molecule has 0 amide bonds. The van der Waals surface area contributed by atoms with Crippen LogP contribution >= 0.6 is 27.5 Å². The van der Waals surface area contributed by atoms with Crippen molar-refractivity contribution in [3.05, 3.63) is 45.5 Å². The van der Waals surface area contributed by atoms with Crippen molar-refractivity contribution in [2.24, 2.45) is 0 Å². The van der Waals surface area contributed by atoms with Crippen LogP contribution in [0.25, 0.3) is 0 Å². The number of nitrogens with one attached hydrogen (secondary N) is 1. The van der Waals surface area contributed by atoms with Gasteiger partial charge in [0.1, 0.15) is 16.8 Å². The van der Waals surface area contributed by atoms with Crippen molar-refractivity contribution in [2.75, 3.05) is 5.32 Å². The Bertz CT molecular complexity index is 648. The Morgan fingerprint density at radius 3 is 2.45 bits per heavy atom. The molecule has 0 aliphatic heterocycles. The van der Waals surface area contributed by atoms with Gasteiger partial charge in [0.25, 0.3) is 0 Å². The van der Waals surface area contributed by atoms with E-state index in [1.54, 1.807) is 0 Å². The third kappa shape index (κ3) is 3.57. The first-order valence-electron chi connectivity index (χ1n) is 5.09. The molecule has 2 aromatic rings. The molecule has 0 aliphatic rings. The third-order valence-electron chi connectivity index (χ3n) is 2.14. The van der Waals surface area contributed by atoms with E-state index in [9.17, 15) is 17.6 Å². The van der Waals surface area contributed by atoms with Crippen LogP contribution in [-0.2, 0) is 6.18 Å². The number of alkyl halides is 3. The molecule has 106 valence electrons. The molecule has 9 heteroatoms. The van der Waals surface area contributed by atoms with Gasteiger partial charge in [0.15, 0.2) is 0 Å². The predicted molar refractivity (Wildman–Crippen MR) is 69.4 cm³/mol. The second-order valence-corrected chi connectivity index (χ2v) is 4.89. The van der Waals surface area contributed by atoms with Crippen LogP contribution < -0.4 is 5.32 Å². The van der Waals surface area contributed by atoms with Crippen molar-refractivity contribution in [1.29, 1.82) is 0 Å². The van der Waals surface area contributed by atoms with Crippen molar-refractivity contribution >= 4 is 39.0 Å². The van der Waals surface area contributed by atoms with Crippen LogP contribution in [0.4, 0.5) is 29.1 Å². The Morgan fingerprint density at radius 2 is 1.85 bits per heavy atom. The summed E-state index contributed by atoms with van der Waals surface area (Å²) in [5.74, 6) is -1.99. The van der Waals surface area contributed by atoms with Crippen molar-refractivity contribution in [3.63, 3.8) is 0 Å². The van der Waals surface area contributed by atoms with E-state index in [-0.39, 0.29) is 15.4 Å². The van der Waals surface area contributed by atoms with Crippen molar-refractivity contribution in [3.8, 4) is 0 Å². The van der Waals surface area contributed by atoms with Gasteiger partial charge < -0.3 is 5.32 Å². The lowest BCUT2D eigenvalue weighted by Crippen LogP contribution is -2.12. The average Bonchev–Trinajstić information content (AvgIpc) is 2.32. The van der Waals surface area contributed by atoms with E-state index in [2.05, 4.69) is 31.2 Å². The lowest BCUT2D eigenvalue weighted by molar-refractivity contribution is -0.144. The highest BCUT2D eigenvalue weighted by molar-refractivity contribution is 9.10. The Morgan fingerprint density at radius 1 is 1.15 bits per heavy atom. The molecule has 2 rings (SSSR count). The molecule has 1 N–H and O–H groups in total. The molecule has 1 heterocycles. The zero-order chi connectivity index (χ0) is 14.9. The van der Waals surface area contributed by atoms with Crippen LogP contribution in [0.15, 0.2) is 28.7 Å². The minimum atomic E-state index is -4.70. The minimum absolute atomic E-state index is 0.143. The second kappa shape index (κ2) is 5.53. The van der Waals surface area contributed by atoms with Crippen molar-refractivity contribution in [2.45, 2.75) is 6.18 Å². The number of rotatable bonds is 2. The Kier molecular flexibility index (Phi) is 4.14. The lowest BCUT2D eigenvalue weighted by Gasteiger charge is -2.10. The van der Waals surface area contributed by atoms with Gasteiger partial charge in [0, 0.05) is 11.8 Å². The largest absolute Gasteiger partial charge is 0.451 e. The van der Waals surface area contributed by atoms with E-state index in [0.717, 1.165) is 12.1 Å². The van der Waals surface area contributed by atoms with Gasteiger partial charge in [-0.15, -0.1) is 0 Å². The highest BCUT2D eigenvalue weighted by Crippen LogP contribution is 2.29. The van der Waals surface area contributed by atoms with Crippen molar-refractivity contribution in [1.82, 2.24) is 9.97 Å². The average molecular weight is 371 g/mol. The van der Waals surface area contributed by atoms with Crippen LogP contribution in [0.3, 0.4) is 0 Å². The van der Waals surface area contributed by atoms with E-state index < -0.39 is 17.8 Å². The highest BCUT2D eigenvalue weighted by atomic mass is 79.9. The van der Waals surface area contributed by atoms with Gasteiger partial charge >= 0.3 is 6.18 Å². The van der Waals surface area contributed by atoms with Crippen molar-refractivity contribution < 1.29 is 17.6 Å². The molecule has 20 heavy (non-hydrogen) atoms. The fourth-order valence-corrected chi connectivity index (χ4v) is 1.89. The van der Waals surface area contributed by atoms with Crippen LogP contribution in [0, 0.1) is 5.82 Å². The van der Waals surface area contributed by atoms with Gasteiger partial charge in [-0.2, -0.15) is 13.2 Å². The fraction of sp³-hybridized carbons (Fsp3) is 0.0909. The van der Waals surface area contributed by atoms with Crippen LogP contribution in [-0.4, -0.2) is 9.97 Å². The van der Waals surface area contributed by atoms with Crippen LogP contribution in [0.2, 0.25) is 5.15 Å². The summed E-state index contributed by atoms with van der Waals surface area (Å²) in [5, 5.41) is 2.24. The van der Waals surface area contributed by atoms with Crippen LogP contribution in [0.1, 0.15) is 5.82 Å². The van der Waals surface area contributed by atoms with E-state index in [1.165, 1.54) is 12.1 Å². The zero-order valence-corrected chi connectivity index (χ0v) is 11.8. The van der Waals surface area contributed by atoms with Gasteiger partial charge in [-0.05, 0) is 34.1 Å². The molecule has 3 nitrogen and oxygen atoms in total. The summed E-state index contributed by atoms with van der Waals surface area (Å²) in [6.07, 6.45) is -4.70. The number of anilines is 2. The van der Waals surface area contributed by atoms with Gasteiger partial charge in [0.05, 0.1) is 4.47 Å². The monoisotopic (exact) mass is 369 g/mol. The number of hydrogen-bond donors (Lipinski definition) is 1.